The molecule has 0 aromatic heterocycles. The molecule has 8 nitrogen and oxygen atoms in total. The maximum absolute atomic E-state index is 13.2. The molecule has 0 atom stereocenters. The summed E-state index contributed by atoms with van der Waals surface area (Å²) < 4.78 is 39.7. The first-order valence-corrected chi connectivity index (χ1v) is 16.1. The highest BCUT2D eigenvalue weighted by atomic mass is 35.5. The standard InChI is InChI=1S/C20H22F3N3S.C12H13N3O2.ClH/c21-20(22,23)15-6-7-19-17(14-15)26(16-4-1-2-5-18(16)27-19)11-3-10-25-12-8-24-9-13-25;16-9-7-8(13-1-2-13)12(17)11(15-5-6-15)10(9)14-3-4-14;/h1-2,4-7,14,24H,3,8-13H2;7H,1-6H2;1H. The highest BCUT2D eigenvalue weighted by molar-refractivity contribution is 7.99. The predicted octanol–water partition coefficient (Wildman–Crippen LogP) is 4.21. The van der Waals surface area contributed by atoms with Gasteiger partial charge in [0.05, 0.1) is 22.6 Å². The number of ketones is 2. The molecule has 0 radical (unpaired) electrons. The molecule has 0 amide bonds. The van der Waals surface area contributed by atoms with Gasteiger partial charge in [-0.15, -0.1) is 12.4 Å². The van der Waals surface area contributed by atoms with Crippen LogP contribution in [0.1, 0.15) is 12.0 Å². The second-order valence-corrected chi connectivity index (χ2v) is 12.8. The first-order valence-electron chi connectivity index (χ1n) is 15.3. The Morgan fingerprint density at radius 1 is 0.756 bits per heavy atom. The zero-order chi connectivity index (χ0) is 30.4. The average Bonchev–Trinajstić information content (AvgIpc) is 3.86. The van der Waals surface area contributed by atoms with Crippen LogP contribution in [0.4, 0.5) is 24.5 Å². The maximum atomic E-state index is 13.2. The van der Waals surface area contributed by atoms with Crippen LogP contribution in [0, 0.1) is 0 Å². The van der Waals surface area contributed by atoms with Crippen LogP contribution in [0.5, 0.6) is 0 Å². The van der Waals surface area contributed by atoms with Gasteiger partial charge in [-0.1, -0.05) is 23.9 Å². The van der Waals surface area contributed by atoms with E-state index in [1.54, 1.807) is 6.07 Å². The van der Waals surface area contributed by atoms with Crippen molar-refractivity contribution in [3.05, 3.63) is 71.2 Å². The fraction of sp³-hybridized carbons (Fsp3) is 0.438. The van der Waals surface area contributed by atoms with E-state index in [9.17, 15) is 22.8 Å². The zero-order valence-electron chi connectivity index (χ0n) is 24.8. The van der Waals surface area contributed by atoms with Gasteiger partial charge in [0, 0.05) is 87.9 Å². The number of carbonyl (C=O) groups excluding carboxylic acids is 2. The monoisotopic (exact) mass is 660 g/mol. The molecule has 5 heterocycles. The van der Waals surface area contributed by atoms with E-state index >= 15 is 0 Å². The Bertz CT molecular complexity index is 1530. The van der Waals surface area contributed by atoms with Gasteiger partial charge in [0.2, 0.25) is 11.6 Å². The van der Waals surface area contributed by atoms with Crippen LogP contribution in [0.2, 0.25) is 0 Å². The highest BCUT2D eigenvalue weighted by Gasteiger charge is 2.43. The van der Waals surface area contributed by atoms with E-state index in [4.69, 9.17) is 0 Å². The lowest BCUT2D eigenvalue weighted by atomic mass is 10.0. The van der Waals surface area contributed by atoms with E-state index in [-0.39, 0.29) is 24.0 Å². The second kappa shape index (κ2) is 12.9. The molecule has 2 aromatic carbocycles. The summed E-state index contributed by atoms with van der Waals surface area (Å²) in [7, 11) is 0. The van der Waals surface area contributed by atoms with Crippen LogP contribution in [0.3, 0.4) is 0 Å². The van der Waals surface area contributed by atoms with Crippen LogP contribution in [-0.2, 0) is 15.8 Å². The summed E-state index contributed by atoms with van der Waals surface area (Å²) in [5, 5.41) is 3.34. The fourth-order valence-corrected chi connectivity index (χ4v) is 6.99. The fourth-order valence-electron chi connectivity index (χ4n) is 5.91. The lowest BCUT2D eigenvalue weighted by molar-refractivity contribution is -0.137. The molecular formula is C32H36ClF3N6O2S. The number of Topliss-reactive ketones (excluding diaryl/α,β-unsaturated/α-hetero) is 1. The smallest absolute Gasteiger partial charge is 0.365 e. The third-order valence-electron chi connectivity index (χ3n) is 8.51. The third kappa shape index (κ3) is 6.98. The Balaban J connectivity index is 0.000000170. The topological polar surface area (TPSA) is 61.7 Å². The Kier molecular flexibility index (Phi) is 9.11. The molecule has 13 heteroatoms. The number of anilines is 2. The Morgan fingerprint density at radius 2 is 1.40 bits per heavy atom. The van der Waals surface area contributed by atoms with Gasteiger partial charge in [-0.3, -0.25) is 9.59 Å². The second-order valence-electron chi connectivity index (χ2n) is 11.7. The molecule has 8 rings (SSSR count). The molecule has 4 fully saturated rings. The summed E-state index contributed by atoms with van der Waals surface area (Å²) in [5.74, 6) is 0.0485. The van der Waals surface area contributed by atoms with Crippen molar-refractivity contribution in [2.45, 2.75) is 22.4 Å². The molecule has 0 unspecified atom stereocenters. The number of rotatable bonds is 7. The number of nitrogens with one attached hydrogen (secondary N) is 1. The van der Waals surface area contributed by atoms with E-state index in [2.05, 4.69) is 15.1 Å². The number of halogens is 4. The van der Waals surface area contributed by atoms with E-state index < -0.39 is 11.7 Å². The third-order valence-corrected chi connectivity index (χ3v) is 9.64. The molecule has 1 N–H and O–H groups in total. The van der Waals surface area contributed by atoms with E-state index in [1.165, 1.54) is 30.0 Å². The first kappa shape index (κ1) is 31.8. The summed E-state index contributed by atoms with van der Waals surface area (Å²) in [4.78, 5) is 36.9. The van der Waals surface area contributed by atoms with Gasteiger partial charge in [0.25, 0.3) is 0 Å². The van der Waals surface area contributed by atoms with Crippen molar-refractivity contribution in [1.29, 1.82) is 0 Å². The molecule has 2 aromatic rings. The molecule has 0 spiro atoms. The highest BCUT2D eigenvalue weighted by Crippen LogP contribution is 2.49. The minimum atomic E-state index is -4.33. The number of allylic oxidation sites excluding steroid dienone is 1. The molecule has 45 heavy (non-hydrogen) atoms. The predicted molar refractivity (Wildman–Crippen MR) is 170 cm³/mol. The number of fused-ring (bicyclic) bond motifs is 2. The van der Waals surface area contributed by atoms with Crippen molar-refractivity contribution < 1.29 is 22.8 Å². The van der Waals surface area contributed by atoms with Crippen LogP contribution < -0.4 is 10.2 Å². The molecule has 0 bridgehead atoms. The normalized spacial score (nSPS) is 20.6. The van der Waals surface area contributed by atoms with Crippen molar-refractivity contribution in [2.75, 3.05) is 83.4 Å². The van der Waals surface area contributed by atoms with Crippen LogP contribution in [0.25, 0.3) is 0 Å². The molecule has 1 aliphatic carbocycles. The van der Waals surface area contributed by atoms with Crippen molar-refractivity contribution in [3.8, 4) is 0 Å². The average molecular weight is 661 g/mol. The van der Waals surface area contributed by atoms with Gasteiger partial charge in [0.15, 0.2) is 0 Å². The van der Waals surface area contributed by atoms with Gasteiger partial charge in [0.1, 0.15) is 11.4 Å². The number of alkyl halides is 3. The molecule has 6 aliphatic rings. The van der Waals surface area contributed by atoms with Crippen LogP contribution >= 0.6 is 24.2 Å². The molecule has 5 aliphatic heterocycles. The maximum Gasteiger partial charge on any atom is 0.416 e. The van der Waals surface area contributed by atoms with Gasteiger partial charge in [-0.2, -0.15) is 13.2 Å². The summed E-state index contributed by atoms with van der Waals surface area (Å²) in [5.41, 5.74) is 2.95. The molecule has 240 valence electrons. The molecular weight excluding hydrogens is 625 g/mol. The van der Waals surface area contributed by atoms with Crippen molar-refractivity contribution >= 4 is 47.1 Å². The lowest BCUT2D eigenvalue weighted by Gasteiger charge is -2.34. The SMILES string of the molecule is Cl.FC(F)(F)c1ccc2c(c1)N(CCCN1CCNCC1)c1ccccc1S2.O=C1C=C(N2CC2)C(=O)C(N2CC2)=C1N1CC1. The van der Waals surface area contributed by atoms with Crippen molar-refractivity contribution in [1.82, 2.24) is 24.9 Å². The quantitative estimate of drug-likeness (QED) is 0.348. The summed E-state index contributed by atoms with van der Waals surface area (Å²) in [6, 6.07) is 12.0. The summed E-state index contributed by atoms with van der Waals surface area (Å²) in [6.45, 7) is 11.1. The van der Waals surface area contributed by atoms with Gasteiger partial charge < -0.3 is 29.8 Å². The van der Waals surface area contributed by atoms with Crippen LogP contribution in [-0.4, -0.2) is 110 Å². The molecule has 0 saturated carbocycles. The summed E-state index contributed by atoms with van der Waals surface area (Å²) in [6.07, 6.45) is -1.90. The number of benzene rings is 2. The largest absolute Gasteiger partial charge is 0.416 e. The Labute approximate surface area is 271 Å². The zero-order valence-corrected chi connectivity index (χ0v) is 26.4. The number of para-hydroxylation sites is 1. The van der Waals surface area contributed by atoms with Gasteiger partial charge in [-0.25, -0.2) is 0 Å². The van der Waals surface area contributed by atoms with Gasteiger partial charge >= 0.3 is 6.18 Å². The van der Waals surface area contributed by atoms with E-state index in [0.717, 1.165) is 93.9 Å². The number of piperazine rings is 1. The van der Waals surface area contributed by atoms with E-state index in [0.29, 0.717) is 29.3 Å². The van der Waals surface area contributed by atoms with Crippen molar-refractivity contribution in [2.24, 2.45) is 0 Å². The number of carbonyl (C=O) groups is 2. The number of hydrogen-bond acceptors (Lipinski definition) is 9. The number of nitrogens with zero attached hydrogens (tertiary/aromatic N) is 5. The minimum Gasteiger partial charge on any atom is -0.365 e. The number of hydrogen-bond donors (Lipinski definition) is 1. The minimum absolute atomic E-state index is 0. The first-order chi connectivity index (χ1) is 21.3. The van der Waals surface area contributed by atoms with Gasteiger partial charge in [-0.05, 0) is 43.3 Å². The Morgan fingerprint density at radius 3 is 2.07 bits per heavy atom. The summed E-state index contributed by atoms with van der Waals surface area (Å²) >= 11 is 1.54. The Hall–Kier alpha value is -3.19. The van der Waals surface area contributed by atoms with Crippen molar-refractivity contribution in [3.63, 3.8) is 0 Å². The molecule has 4 saturated heterocycles. The van der Waals surface area contributed by atoms with Crippen LogP contribution in [0.15, 0.2) is 75.4 Å². The van der Waals surface area contributed by atoms with E-state index in [1.807, 2.05) is 39.0 Å². The lowest BCUT2D eigenvalue weighted by Crippen LogP contribution is -2.44.